The molecule has 1 aromatic carbocycles. The lowest BCUT2D eigenvalue weighted by molar-refractivity contribution is -0.386. The molecule has 3 rings (SSSR count). The zero-order valence-corrected chi connectivity index (χ0v) is 13.4. The van der Waals surface area contributed by atoms with Crippen molar-refractivity contribution in [3.8, 4) is 5.75 Å². The van der Waals surface area contributed by atoms with Crippen LogP contribution in [0, 0.1) is 24.0 Å². The number of aliphatic hydroxyl groups excluding tert-OH is 1. The molecule has 0 aliphatic rings. The highest BCUT2D eigenvalue weighted by Crippen LogP contribution is 2.25. The Morgan fingerprint density at radius 3 is 2.92 bits per heavy atom. The summed E-state index contributed by atoms with van der Waals surface area (Å²) in [4.78, 5) is 13.7. The van der Waals surface area contributed by atoms with Crippen LogP contribution in [0.1, 0.15) is 11.4 Å². The Balaban J connectivity index is 1.68. The van der Waals surface area contributed by atoms with Gasteiger partial charge in [0, 0.05) is 17.1 Å². The average molecular weight is 330 g/mol. The summed E-state index contributed by atoms with van der Waals surface area (Å²) in [5.41, 5.74) is 1.70. The van der Waals surface area contributed by atoms with Gasteiger partial charge in [-0.15, -0.1) is 0 Å². The first kappa shape index (κ1) is 16.0. The predicted molar refractivity (Wildman–Crippen MR) is 88.2 cm³/mol. The molecule has 0 saturated heterocycles. The van der Waals surface area contributed by atoms with Crippen molar-refractivity contribution in [2.75, 3.05) is 6.61 Å². The molecule has 8 heteroatoms. The number of hydrogen-bond donors (Lipinski definition) is 2. The number of nitrogens with one attached hydrogen (secondary N) is 1. The Kier molecular flexibility index (Phi) is 4.22. The molecule has 0 aliphatic heterocycles. The molecule has 2 N–H and O–H groups in total. The van der Waals surface area contributed by atoms with Crippen LogP contribution in [0.2, 0.25) is 0 Å². The highest BCUT2D eigenvalue weighted by molar-refractivity contribution is 5.85. The second-order valence-electron chi connectivity index (χ2n) is 5.62. The average Bonchev–Trinajstić information content (AvgIpc) is 3.10. The van der Waals surface area contributed by atoms with Crippen molar-refractivity contribution in [1.29, 1.82) is 0 Å². The molecule has 24 heavy (non-hydrogen) atoms. The minimum Gasteiger partial charge on any atom is -0.490 e. The van der Waals surface area contributed by atoms with Crippen LogP contribution in [0.25, 0.3) is 10.9 Å². The van der Waals surface area contributed by atoms with Crippen LogP contribution in [0.15, 0.2) is 30.5 Å². The number of ether oxygens (including phenoxy) is 1. The van der Waals surface area contributed by atoms with Crippen LogP contribution in [0.3, 0.4) is 0 Å². The van der Waals surface area contributed by atoms with E-state index in [9.17, 15) is 15.2 Å². The molecule has 0 radical (unpaired) electrons. The second-order valence-corrected chi connectivity index (χ2v) is 5.62. The SMILES string of the molecule is Cc1nn(CC(O)COc2cccc3[nH]ccc23)c(C)c1[N+](=O)[O-]. The van der Waals surface area contributed by atoms with Gasteiger partial charge in [0.05, 0.1) is 11.5 Å². The lowest BCUT2D eigenvalue weighted by atomic mass is 10.2. The van der Waals surface area contributed by atoms with Gasteiger partial charge in [0.25, 0.3) is 0 Å². The lowest BCUT2D eigenvalue weighted by Crippen LogP contribution is -2.24. The minimum atomic E-state index is -0.836. The van der Waals surface area contributed by atoms with Crippen molar-refractivity contribution < 1.29 is 14.8 Å². The smallest absolute Gasteiger partial charge is 0.312 e. The Hall–Kier alpha value is -2.87. The van der Waals surface area contributed by atoms with E-state index in [2.05, 4.69) is 10.1 Å². The van der Waals surface area contributed by atoms with Crippen LogP contribution in [-0.4, -0.2) is 37.5 Å². The summed E-state index contributed by atoms with van der Waals surface area (Å²) >= 11 is 0. The number of hydrogen-bond acceptors (Lipinski definition) is 5. The molecular weight excluding hydrogens is 312 g/mol. The number of H-pyrrole nitrogens is 1. The molecule has 8 nitrogen and oxygen atoms in total. The maximum absolute atomic E-state index is 11.0. The van der Waals surface area contributed by atoms with Crippen LogP contribution in [-0.2, 0) is 6.54 Å². The number of aromatic amines is 1. The molecule has 1 unspecified atom stereocenters. The number of nitro groups is 1. The number of aryl methyl sites for hydroxylation is 1. The Bertz CT molecular complexity index is 883. The number of fused-ring (bicyclic) bond motifs is 1. The van der Waals surface area contributed by atoms with Gasteiger partial charge in [-0.3, -0.25) is 14.8 Å². The van der Waals surface area contributed by atoms with E-state index in [1.807, 2.05) is 30.5 Å². The van der Waals surface area contributed by atoms with Crippen LogP contribution >= 0.6 is 0 Å². The third kappa shape index (κ3) is 2.95. The molecule has 0 saturated carbocycles. The highest BCUT2D eigenvalue weighted by Gasteiger charge is 2.23. The molecule has 2 aromatic heterocycles. The fourth-order valence-corrected chi connectivity index (χ4v) is 2.75. The third-order valence-corrected chi connectivity index (χ3v) is 3.90. The number of aliphatic hydroxyl groups is 1. The largest absolute Gasteiger partial charge is 0.490 e. The van der Waals surface area contributed by atoms with Crippen LogP contribution in [0.5, 0.6) is 5.75 Å². The van der Waals surface area contributed by atoms with E-state index >= 15 is 0 Å². The molecule has 0 bridgehead atoms. The lowest BCUT2D eigenvalue weighted by Gasteiger charge is -2.13. The van der Waals surface area contributed by atoms with Gasteiger partial charge in [0.1, 0.15) is 29.8 Å². The maximum atomic E-state index is 11.0. The van der Waals surface area contributed by atoms with Crippen molar-refractivity contribution in [3.63, 3.8) is 0 Å². The number of aromatic nitrogens is 3. The van der Waals surface area contributed by atoms with Gasteiger partial charge in [0.15, 0.2) is 0 Å². The van der Waals surface area contributed by atoms with Gasteiger partial charge < -0.3 is 14.8 Å². The molecule has 0 aliphatic carbocycles. The first-order valence-corrected chi connectivity index (χ1v) is 7.52. The predicted octanol–water partition coefficient (Wildman–Crippen LogP) is 2.33. The minimum absolute atomic E-state index is 0.0137. The second kappa shape index (κ2) is 6.32. The quantitative estimate of drug-likeness (QED) is 0.533. The van der Waals surface area contributed by atoms with Crippen molar-refractivity contribution in [2.24, 2.45) is 0 Å². The van der Waals surface area contributed by atoms with E-state index in [4.69, 9.17) is 4.74 Å². The molecule has 3 aromatic rings. The zero-order chi connectivity index (χ0) is 17.3. The summed E-state index contributed by atoms with van der Waals surface area (Å²) in [6, 6.07) is 7.54. The molecule has 0 amide bonds. The monoisotopic (exact) mass is 330 g/mol. The molecule has 0 spiro atoms. The Morgan fingerprint density at radius 2 is 2.21 bits per heavy atom. The van der Waals surface area contributed by atoms with Gasteiger partial charge in [-0.2, -0.15) is 5.10 Å². The maximum Gasteiger partial charge on any atom is 0.312 e. The molecular formula is C16H18N4O4. The summed E-state index contributed by atoms with van der Waals surface area (Å²) in [6.07, 6.45) is 0.986. The Labute approximate surface area is 137 Å². The molecule has 126 valence electrons. The first-order valence-electron chi connectivity index (χ1n) is 7.52. The molecule has 1 atom stereocenters. The van der Waals surface area contributed by atoms with E-state index in [1.165, 1.54) is 4.68 Å². The van der Waals surface area contributed by atoms with E-state index in [0.717, 1.165) is 10.9 Å². The van der Waals surface area contributed by atoms with Gasteiger partial charge in [-0.05, 0) is 32.0 Å². The van der Waals surface area contributed by atoms with Crippen molar-refractivity contribution in [2.45, 2.75) is 26.5 Å². The first-order chi connectivity index (χ1) is 11.5. The number of rotatable bonds is 6. The van der Waals surface area contributed by atoms with Gasteiger partial charge >= 0.3 is 5.69 Å². The van der Waals surface area contributed by atoms with Crippen molar-refractivity contribution in [3.05, 3.63) is 52.0 Å². The summed E-state index contributed by atoms with van der Waals surface area (Å²) in [6.45, 7) is 3.39. The van der Waals surface area contributed by atoms with Crippen LogP contribution < -0.4 is 4.74 Å². The van der Waals surface area contributed by atoms with E-state index in [-0.39, 0.29) is 18.8 Å². The van der Waals surface area contributed by atoms with Crippen LogP contribution in [0.4, 0.5) is 5.69 Å². The standard InChI is InChI=1S/C16H18N4O4/c1-10-16(20(22)23)11(2)19(18-10)8-12(21)9-24-15-5-3-4-14-13(15)6-7-17-14/h3-7,12,17,21H,8-9H2,1-2H3. The molecule has 0 fully saturated rings. The fourth-order valence-electron chi connectivity index (χ4n) is 2.75. The van der Waals surface area contributed by atoms with E-state index in [1.54, 1.807) is 13.8 Å². The third-order valence-electron chi connectivity index (χ3n) is 3.90. The zero-order valence-electron chi connectivity index (χ0n) is 13.4. The Morgan fingerprint density at radius 1 is 1.42 bits per heavy atom. The normalized spacial score (nSPS) is 12.5. The van der Waals surface area contributed by atoms with E-state index in [0.29, 0.717) is 17.1 Å². The van der Waals surface area contributed by atoms with E-state index < -0.39 is 11.0 Å². The topological polar surface area (TPSA) is 106 Å². The van der Waals surface area contributed by atoms with Gasteiger partial charge in [-0.1, -0.05) is 6.07 Å². The molecule has 2 heterocycles. The highest BCUT2D eigenvalue weighted by atomic mass is 16.6. The van der Waals surface area contributed by atoms with Crippen molar-refractivity contribution >= 4 is 16.6 Å². The summed E-state index contributed by atoms with van der Waals surface area (Å²) in [5.74, 6) is 0.673. The fraction of sp³-hybridized carbons (Fsp3) is 0.312. The van der Waals surface area contributed by atoms with Crippen molar-refractivity contribution in [1.82, 2.24) is 14.8 Å². The summed E-state index contributed by atoms with van der Waals surface area (Å²) in [7, 11) is 0. The summed E-state index contributed by atoms with van der Waals surface area (Å²) in [5, 5.41) is 26.3. The summed E-state index contributed by atoms with van der Waals surface area (Å²) < 4.78 is 7.13. The van der Waals surface area contributed by atoms with Gasteiger partial charge in [-0.25, -0.2) is 0 Å². The number of nitrogens with zero attached hydrogens (tertiary/aromatic N) is 3. The number of benzene rings is 1. The van der Waals surface area contributed by atoms with Gasteiger partial charge in [0.2, 0.25) is 0 Å².